The molecule has 0 radical (unpaired) electrons. The second-order valence-corrected chi connectivity index (χ2v) is 5.49. The van der Waals surface area contributed by atoms with E-state index in [2.05, 4.69) is 41.2 Å². The minimum atomic E-state index is 0.339. The summed E-state index contributed by atoms with van der Waals surface area (Å²) in [5, 5.41) is 3.50. The molecule has 0 saturated heterocycles. The maximum Gasteiger partial charge on any atom is 0.128 e. The standard InChI is InChI=1S/C17H25N3O/c1-5-9-18-14(3)15-8-10-19-17(11-15)20(4)12-16-7-6-13(2)21-16/h6-8,10-11,14,18H,5,9,12H2,1-4H3. The van der Waals surface area contributed by atoms with Crippen molar-refractivity contribution in [2.24, 2.45) is 0 Å². The lowest BCUT2D eigenvalue weighted by Crippen LogP contribution is -2.21. The average Bonchev–Trinajstić information content (AvgIpc) is 2.90. The second kappa shape index (κ2) is 7.27. The van der Waals surface area contributed by atoms with E-state index in [1.807, 2.05) is 32.3 Å². The van der Waals surface area contributed by atoms with Crippen molar-refractivity contribution in [3.8, 4) is 0 Å². The Morgan fingerprint density at radius 1 is 1.33 bits per heavy atom. The van der Waals surface area contributed by atoms with Gasteiger partial charge in [0.05, 0.1) is 6.54 Å². The molecule has 2 aromatic rings. The van der Waals surface area contributed by atoms with Gasteiger partial charge >= 0.3 is 0 Å². The molecule has 21 heavy (non-hydrogen) atoms. The van der Waals surface area contributed by atoms with Crippen LogP contribution in [0.1, 0.15) is 43.4 Å². The Morgan fingerprint density at radius 2 is 2.14 bits per heavy atom. The number of rotatable bonds is 7. The van der Waals surface area contributed by atoms with Crippen LogP contribution in [-0.4, -0.2) is 18.6 Å². The highest BCUT2D eigenvalue weighted by atomic mass is 16.3. The first kappa shape index (κ1) is 15.6. The van der Waals surface area contributed by atoms with Gasteiger partial charge in [0.1, 0.15) is 17.3 Å². The SMILES string of the molecule is CCCNC(C)c1ccnc(N(C)Cc2ccc(C)o2)c1. The molecule has 0 aromatic carbocycles. The summed E-state index contributed by atoms with van der Waals surface area (Å²) in [6, 6.07) is 8.56. The smallest absolute Gasteiger partial charge is 0.128 e. The first-order valence-corrected chi connectivity index (χ1v) is 7.56. The molecule has 1 N–H and O–H groups in total. The van der Waals surface area contributed by atoms with Crippen molar-refractivity contribution < 1.29 is 4.42 Å². The molecular formula is C17H25N3O. The maximum absolute atomic E-state index is 5.62. The second-order valence-electron chi connectivity index (χ2n) is 5.49. The van der Waals surface area contributed by atoms with Gasteiger partial charge in [0, 0.05) is 19.3 Å². The summed E-state index contributed by atoms with van der Waals surface area (Å²) < 4.78 is 5.62. The number of furan rings is 1. The van der Waals surface area contributed by atoms with Crippen LogP contribution in [0.2, 0.25) is 0 Å². The molecule has 1 atom stereocenters. The van der Waals surface area contributed by atoms with Crippen LogP contribution < -0.4 is 10.2 Å². The summed E-state index contributed by atoms with van der Waals surface area (Å²) in [4.78, 5) is 6.57. The number of pyridine rings is 1. The molecule has 0 aliphatic carbocycles. The van der Waals surface area contributed by atoms with E-state index >= 15 is 0 Å². The van der Waals surface area contributed by atoms with Crippen molar-refractivity contribution in [3.63, 3.8) is 0 Å². The van der Waals surface area contributed by atoms with Crippen molar-refractivity contribution in [1.29, 1.82) is 0 Å². The van der Waals surface area contributed by atoms with E-state index < -0.39 is 0 Å². The van der Waals surface area contributed by atoms with Gasteiger partial charge in [0.2, 0.25) is 0 Å². The molecule has 0 amide bonds. The number of aromatic nitrogens is 1. The number of anilines is 1. The van der Waals surface area contributed by atoms with Gasteiger partial charge in [0.25, 0.3) is 0 Å². The lowest BCUT2D eigenvalue weighted by Gasteiger charge is -2.19. The van der Waals surface area contributed by atoms with Crippen LogP contribution >= 0.6 is 0 Å². The third-order valence-corrected chi connectivity index (χ3v) is 3.55. The van der Waals surface area contributed by atoms with Crippen LogP contribution in [0.15, 0.2) is 34.9 Å². The van der Waals surface area contributed by atoms with Crippen LogP contribution in [0.5, 0.6) is 0 Å². The minimum Gasteiger partial charge on any atom is -0.464 e. The van der Waals surface area contributed by atoms with E-state index in [0.717, 1.165) is 36.8 Å². The van der Waals surface area contributed by atoms with E-state index in [-0.39, 0.29) is 0 Å². The topological polar surface area (TPSA) is 41.3 Å². The average molecular weight is 287 g/mol. The molecule has 0 aliphatic rings. The molecule has 1 unspecified atom stereocenters. The number of hydrogen-bond acceptors (Lipinski definition) is 4. The fourth-order valence-electron chi connectivity index (χ4n) is 2.28. The fraction of sp³-hybridized carbons (Fsp3) is 0.471. The van der Waals surface area contributed by atoms with Gasteiger partial charge in [0.15, 0.2) is 0 Å². The minimum absolute atomic E-state index is 0.339. The molecule has 0 aliphatic heterocycles. The van der Waals surface area contributed by atoms with Gasteiger partial charge in [-0.25, -0.2) is 4.98 Å². The van der Waals surface area contributed by atoms with Gasteiger partial charge in [-0.2, -0.15) is 0 Å². The van der Waals surface area contributed by atoms with Crippen LogP contribution in [0.4, 0.5) is 5.82 Å². The zero-order chi connectivity index (χ0) is 15.2. The normalized spacial score (nSPS) is 12.4. The van der Waals surface area contributed by atoms with Gasteiger partial charge in [-0.1, -0.05) is 6.92 Å². The Morgan fingerprint density at radius 3 is 2.81 bits per heavy atom. The third kappa shape index (κ3) is 4.33. The van der Waals surface area contributed by atoms with E-state index in [0.29, 0.717) is 6.04 Å². The van der Waals surface area contributed by atoms with Gasteiger partial charge in [-0.05, 0) is 56.6 Å². The summed E-state index contributed by atoms with van der Waals surface area (Å²) in [6.45, 7) is 8.08. The van der Waals surface area contributed by atoms with Crippen molar-refractivity contribution in [2.75, 3.05) is 18.5 Å². The largest absolute Gasteiger partial charge is 0.464 e. The Labute approximate surface area is 127 Å². The van der Waals surface area contributed by atoms with Crippen LogP contribution in [0.3, 0.4) is 0 Å². The Bertz CT molecular complexity index is 565. The number of nitrogens with one attached hydrogen (secondary N) is 1. The zero-order valence-corrected chi connectivity index (χ0v) is 13.4. The summed E-state index contributed by atoms with van der Waals surface area (Å²) in [5.41, 5.74) is 1.26. The number of aryl methyl sites for hydroxylation is 1. The first-order chi connectivity index (χ1) is 10.1. The quantitative estimate of drug-likeness (QED) is 0.843. The molecule has 0 spiro atoms. The summed E-state index contributed by atoms with van der Waals surface area (Å²) in [5.74, 6) is 2.86. The summed E-state index contributed by atoms with van der Waals surface area (Å²) in [7, 11) is 2.04. The van der Waals surface area contributed by atoms with E-state index in [9.17, 15) is 0 Å². The molecule has 2 aromatic heterocycles. The predicted molar refractivity (Wildman–Crippen MR) is 86.5 cm³/mol. The molecule has 0 saturated carbocycles. The highest BCUT2D eigenvalue weighted by Gasteiger charge is 2.10. The molecule has 2 rings (SSSR count). The molecule has 4 nitrogen and oxygen atoms in total. The third-order valence-electron chi connectivity index (χ3n) is 3.55. The molecule has 4 heteroatoms. The van der Waals surface area contributed by atoms with Gasteiger partial charge < -0.3 is 14.6 Å². The van der Waals surface area contributed by atoms with Crippen molar-refractivity contribution >= 4 is 5.82 Å². The molecule has 114 valence electrons. The lowest BCUT2D eigenvalue weighted by molar-refractivity contribution is 0.481. The summed E-state index contributed by atoms with van der Waals surface area (Å²) >= 11 is 0. The highest BCUT2D eigenvalue weighted by molar-refractivity contribution is 5.41. The predicted octanol–water partition coefficient (Wildman–Crippen LogP) is 3.68. The van der Waals surface area contributed by atoms with Gasteiger partial charge in [-0.3, -0.25) is 0 Å². The number of nitrogens with zero attached hydrogens (tertiary/aromatic N) is 2. The maximum atomic E-state index is 5.62. The van der Waals surface area contributed by atoms with Crippen molar-refractivity contribution in [2.45, 2.75) is 39.8 Å². The van der Waals surface area contributed by atoms with Crippen LogP contribution in [0.25, 0.3) is 0 Å². The summed E-state index contributed by atoms with van der Waals surface area (Å²) in [6.07, 6.45) is 3.01. The highest BCUT2D eigenvalue weighted by Crippen LogP contribution is 2.19. The Kier molecular flexibility index (Phi) is 5.39. The lowest BCUT2D eigenvalue weighted by atomic mass is 10.1. The van der Waals surface area contributed by atoms with Crippen molar-refractivity contribution in [1.82, 2.24) is 10.3 Å². The van der Waals surface area contributed by atoms with Crippen LogP contribution in [-0.2, 0) is 6.54 Å². The monoisotopic (exact) mass is 287 g/mol. The zero-order valence-electron chi connectivity index (χ0n) is 13.4. The molecular weight excluding hydrogens is 262 g/mol. The van der Waals surface area contributed by atoms with E-state index in [4.69, 9.17) is 4.42 Å². The van der Waals surface area contributed by atoms with E-state index in [1.54, 1.807) is 0 Å². The Balaban J connectivity index is 2.05. The van der Waals surface area contributed by atoms with Crippen molar-refractivity contribution in [3.05, 3.63) is 47.5 Å². The molecule has 0 fully saturated rings. The van der Waals surface area contributed by atoms with Crippen LogP contribution in [0, 0.1) is 6.92 Å². The molecule has 0 bridgehead atoms. The van der Waals surface area contributed by atoms with E-state index in [1.165, 1.54) is 5.56 Å². The Hall–Kier alpha value is -1.81. The number of hydrogen-bond donors (Lipinski definition) is 1. The van der Waals surface area contributed by atoms with Gasteiger partial charge in [-0.15, -0.1) is 0 Å². The fourth-order valence-corrected chi connectivity index (χ4v) is 2.28. The first-order valence-electron chi connectivity index (χ1n) is 7.56. The molecule has 2 heterocycles.